The fourth-order valence-electron chi connectivity index (χ4n) is 4.27. The van der Waals surface area contributed by atoms with Crippen molar-refractivity contribution in [1.29, 1.82) is 0 Å². The lowest BCUT2D eigenvalue weighted by Gasteiger charge is -2.32. The lowest BCUT2D eigenvalue weighted by Crippen LogP contribution is -2.35. The van der Waals surface area contributed by atoms with Gasteiger partial charge in [-0.2, -0.15) is 0 Å². The van der Waals surface area contributed by atoms with Crippen molar-refractivity contribution in [3.05, 3.63) is 42.5 Å². The average molecular weight is 398 g/mol. The predicted octanol–water partition coefficient (Wildman–Crippen LogP) is 2.55. The summed E-state index contributed by atoms with van der Waals surface area (Å²) in [4.78, 5) is 23.3. The Morgan fingerprint density at radius 2 is 2.00 bits per heavy atom. The second kappa shape index (κ2) is 9.98. The number of aromatic nitrogens is 3. The molecule has 2 aliphatic rings. The normalized spacial score (nSPS) is 20.8. The summed E-state index contributed by atoms with van der Waals surface area (Å²) in [5, 5.41) is 3.04. The van der Waals surface area contributed by atoms with Crippen molar-refractivity contribution in [2.75, 3.05) is 26.2 Å². The van der Waals surface area contributed by atoms with Gasteiger partial charge in [0.15, 0.2) is 0 Å². The minimum atomic E-state index is 0.170. The van der Waals surface area contributed by atoms with Gasteiger partial charge in [-0.25, -0.2) is 9.97 Å². The molecule has 2 fully saturated rings. The topological polar surface area (TPSA) is 72.3 Å². The van der Waals surface area contributed by atoms with E-state index < -0.39 is 0 Å². The summed E-state index contributed by atoms with van der Waals surface area (Å²) in [6.07, 6.45) is 11.9. The zero-order chi connectivity index (χ0) is 19.9. The summed E-state index contributed by atoms with van der Waals surface area (Å²) in [5.41, 5.74) is 1.21. The number of nitrogens with one attached hydrogen (secondary N) is 1. The van der Waals surface area contributed by atoms with Crippen molar-refractivity contribution < 1.29 is 9.53 Å². The number of nitrogens with zero attached hydrogens (tertiary/aromatic N) is 4. The van der Waals surface area contributed by atoms with E-state index in [-0.39, 0.29) is 12.0 Å². The van der Waals surface area contributed by atoms with Crippen molar-refractivity contribution >= 4 is 5.91 Å². The molecule has 1 N–H and O–H groups in total. The van der Waals surface area contributed by atoms with Crippen LogP contribution in [0.15, 0.2) is 36.8 Å². The first kappa shape index (κ1) is 20.0. The van der Waals surface area contributed by atoms with Crippen LogP contribution in [-0.2, 0) is 16.1 Å². The Labute approximate surface area is 172 Å². The molecule has 0 unspecified atom stereocenters. The molecule has 2 aromatic heterocycles. The third kappa shape index (κ3) is 5.64. The molecule has 0 saturated carbocycles. The summed E-state index contributed by atoms with van der Waals surface area (Å²) in [7, 11) is 0. The Bertz CT molecular complexity index is 765. The van der Waals surface area contributed by atoms with E-state index in [0.717, 1.165) is 64.3 Å². The smallest absolute Gasteiger partial charge is 0.233 e. The highest BCUT2D eigenvalue weighted by Crippen LogP contribution is 2.23. The van der Waals surface area contributed by atoms with Crippen molar-refractivity contribution in [2.24, 2.45) is 5.92 Å². The molecule has 0 bridgehead atoms. The van der Waals surface area contributed by atoms with Crippen LogP contribution in [0.3, 0.4) is 0 Å². The lowest BCUT2D eigenvalue weighted by atomic mass is 9.92. The molecule has 7 nitrogen and oxygen atoms in total. The number of rotatable bonds is 8. The zero-order valence-corrected chi connectivity index (χ0v) is 17.0. The van der Waals surface area contributed by atoms with E-state index in [1.165, 1.54) is 5.69 Å². The van der Waals surface area contributed by atoms with Gasteiger partial charge < -0.3 is 10.1 Å². The quantitative estimate of drug-likeness (QED) is 0.741. The molecule has 0 aromatic carbocycles. The average Bonchev–Trinajstić information content (AvgIpc) is 3.44. The molecule has 4 heterocycles. The van der Waals surface area contributed by atoms with Crippen molar-refractivity contribution in [3.63, 3.8) is 0 Å². The number of carbonyl (C=O) groups excluding carboxylic acids is 1. The van der Waals surface area contributed by atoms with E-state index in [1.54, 1.807) is 12.4 Å². The van der Waals surface area contributed by atoms with Crippen LogP contribution in [0.4, 0.5) is 0 Å². The summed E-state index contributed by atoms with van der Waals surface area (Å²) in [6, 6.07) is 6.02. The number of hydrogen-bond donors (Lipinski definition) is 1. The molecule has 0 radical (unpaired) electrons. The highest BCUT2D eigenvalue weighted by atomic mass is 16.5. The van der Waals surface area contributed by atoms with E-state index in [2.05, 4.69) is 30.8 Å². The van der Waals surface area contributed by atoms with E-state index in [0.29, 0.717) is 18.9 Å². The van der Waals surface area contributed by atoms with E-state index in [9.17, 15) is 4.79 Å². The number of piperidine rings is 1. The van der Waals surface area contributed by atoms with Gasteiger partial charge in [-0.15, -0.1) is 0 Å². The Kier molecular flexibility index (Phi) is 6.90. The van der Waals surface area contributed by atoms with Crippen molar-refractivity contribution in [1.82, 2.24) is 24.8 Å². The maximum atomic E-state index is 12.1. The first-order chi connectivity index (χ1) is 14.3. The molecule has 1 atom stereocenters. The Morgan fingerprint density at radius 3 is 2.76 bits per heavy atom. The van der Waals surface area contributed by atoms with Gasteiger partial charge in [0, 0.05) is 50.4 Å². The number of carbonyl (C=O) groups is 1. The maximum Gasteiger partial charge on any atom is 0.233 e. The molecule has 0 aliphatic carbocycles. The van der Waals surface area contributed by atoms with Crippen molar-refractivity contribution in [3.8, 4) is 5.95 Å². The molecule has 29 heavy (non-hydrogen) atoms. The third-order valence-corrected chi connectivity index (χ3v) is 6.02. The summed E-state index contributed by atoms with van der Waals surface area (Å²) in [6.45, 7) is 4.55. The molecular formula is C22H31N5O2. The largest absolute Gasteiger partial charge is 0.376 e. The summed E-state index contributed by atoms with van der Waals surface area (Å²) in [5.74, 6) is 1.53. The van der Waals surface area contributed by atoms with Gasteiger partial charge in [0.2, 0.25) is 11.9 Å². The second-order valence-electron chi connectivity index (χ2n) is 8.12. The number of ether oxygens (including phenoxy) is 1. The molecule has 7 heteroatoms. The van der Waals surface area contributed by atoms with Gasteiger partial charge in [-0.05, 0) is 69.3 Å². The summed E-state index contributed by atoms with van der Waals surface area (Å²) >= 11 is 0. The SMILES string of the molecule is O=C(CCC1CCN(Cc2cccn2-c2ncccn2)CC1)NC[C@@H]1CCCO1. The van der Waals surface area contributed by atoms with Gasteiger partial charge in [0.05, 0.1) is 6.10 Å². The molecule has 2 saturated heterocycles. The number of likely N-dealkylation sites (tertiary alicyclic amines) is 1. The lowest BCUT2D eigenvalue weighted by molar-refractivity contribution is -0.122. The molecule has 2 aliphatic heterocycles. The fourth-order valence-corrected chi connectivity index (χ4v) is 4.27. The van der Waals surface area contributed by atoms with Crippen molar-refractivity contribution in [2.45, 2.75) is 51.2 Å². The van der Waals surface area contributed by atoms with Crippen LogP contribution in [-0.4, -0.2) is 57.7 Å². The second-order valence-corrected chi connectivity index (χ2v) is 8.12. The molecule has 0 spiro atoms. The summed E-state index contributed by atoms with van der Waals surface area (Å²) < 4.78 is 7.62. The highest BCUT2D eigenvalue weighted by molar-refractivity contribution is 5.75. The van der Waals surface area contributed by atoms with Gasteiger partial charge in [0.25, 0.3) is 0 Å². The van der Waals surface area contributed by atoms with Crippen LogP contribution in [0.1, 0.15) is 44.2 Å². The Hall–Kier alpha value is -2.25. The standard InChI is InChI=1S/C22H31N5O2/c28-21(25-16-20-5-2-15-29-20)7-6-18-8-13-26(14-9-18)17-19-4-1-12-27(19)22-23-10-3-11-24-22/h1,3-4,10-12,18,20H,2,5-9,13-17H2,(H,25,28)/t20-/m0/s1. The number of hydrogen-bond acceptors (Lipinski definition) is 5. The minimum absolute atomic E-state index is 0.170. The molecule has 2 aromatic rings. The van der Waals surface area contributed by atoms with Crippen LogP contribution in [0.5, 0.6) is 0 Å². The molecule has 156 valence electrons. The number of amides is 1. The highest BCUT2D eigenvalue weighted by Gasteiger charge is 2.22. The monoisotopic (exact) mass is 397 g/mol. The van der Waals surface area contributed by atoms with E-state index >= 15 is 0 Å². The first-order valence-electron chi connectivity index (χ1n) is 10.8. The van der Waals surface area contributed by atoms with Crippen LogP contribution >= 0.6 is 0 Å². The molecule has 4 rings (SSSR count). The predicted molar refractivity (Wildman–Crippen MR) is 111 cm³/mol. The minimum Gasteiger partial charge on any atom is -0.376 e. The van der Waals surface area contributed by atoms with Gasteiger partial charge in [-0.3, -0.25) is 14.3 Å². The van der Waals surface area contributed by atoms with Gasteiger partial charge in [-0.1, -0.05) is 0 Å². The Balaban J connectivity index is 1.17. The first-order valence-corrected chi connectivity index (χ1v) is 10.8. The van der Waals surface area contributed by atoms with Crippen LogP contribution in [0, 0.1) is 5.92 Å². The van der Waals surface area contributed by atoms with E-state index in [1.807, 2.05) is 18.3 Å². The van der Waals surface area contributed by atoms with Gasteiger partial charge >= 0.3 is 0 Å². The fraction of sp³-hybridized carbons (Fsp3) is 0.591. The van der Waals surface area contributed by atoms with Crippen LogP contribution in [0.2, 0.25) is 0 Å². The van der Waals surface area contributed by atoms with Gasteiger partial charge in [0.1, 0.15) is 0 Å². The molecule has 1 amide bonds. The van der Waals surface area contributed by atoms with Crippen LogP contribution in [0.25, 0.3) is 5.95 Å². The molecular weight excluding hydrogens is 366 g/mol. The van der Waals surface area contributed by atoms with Crippen LogP contribution < -0.4 is 5.32 Å². The maximum absolute atomic E-state index is 12.1. The van der Waals surface area contributed by atoms with E-state index in [4.69, 9.17) is 4.74 Å². The Morgan fingerprint density at radius 1 is 1.17 bits per heavy atom. The zero-order valence-electron chi connectivity index (χ0n) is 17.0. The third-order valence-electron chi connectivity index (χ3n) is 6.02.